The first kappa shape index (κ1) is 20.5. The number of aryl methyl sites for hydroxylation is 1. The molecule has 0 fully saturated rings. The molecule has 0 radical (unpaired) electrons. The van der Waals surface area contributed by atoms with Crippen molar-refractivity contribution in [2.45, 2.75) is 44.0 Å². The Morgan fingerprint density at radius 1 is 1.04 bits per heavy atom. The van der Waals surface area contributed by atoms with Crippen LogP contribution in [0.2, 0.25) is 0 Å². The normalized spacial score (nSPS) is 13.3. The molecule has 1 unspecified atom stereocenters. The van der Waals surface area contributed by atoms with Gasteiger partial charge >= 0.3 is 0 Å². The van der Waals surface area contributed by atoms with E-state index in [2.05, 4.69) is 35.4 Å². The molecule has 0 saturated heterocycles. The third-order valence-corrected chi connectivity index (χ3v) is 6.15. The van der Waals surface area contributed by atoms with Crippen LogP contribution in [0.3, 0.4) is 0 Å². The maximum Gasteiger partial charge on any atom is 0.203 e. The highest BCUT2D eigenvalue weighted by atomic mass is 32.2. The van der Waals surface area contributed by atoms with Crippen LogP contribution >= 0.6 is 11.5 Å². The van der Waals surface area contributed by atoms with Crippen molar-refractivity contribution < 1.29 is 8.42 Å². The van der Waals surface area contributed by atoms with Crippen molar-refractivity contribution in [1.82, 2.24) is 9.36 Å². The molecule has 0 spiro atoms. The third-order valence-electron chi connectivity index (χ3n) is 4.39. The molecule has 1 atom stereocenters. The Balaban J connectivity index is 2.03. The molecule has 1 aromatic heterocycles. The van der Waals surface area contributed by atoms with Gasteiger partial charge in [0.25, 0.3) is 0 Å². The van der Waals surface area contributed by atoms with E-state index in [-0.39, 0.29) is 11.5 Å². The van der Waals surface area contributed by atoms with E-state index in [4.69, 9.17) is 0 Å². The SMILES string of the molecule is Cc1ccc(C(Nc2nc(C(C)(C)C)ns2)c2cccc(S(C)(=O)=O)c2)cc1. The molecule has 0 aliphatic carbocycles. The third kappa shape index (κ3) is 4.77. The summed E-state index contributed by atoms with van der Waals surface area (Å²) in [6.07, 6.45) is 1.22. The Hall–Kier alpha value is -2.25. The number of sulfone groups is 1. The van der Waals surface area contributed by atoms with Gasteiger partial charge in [0.2, 0.25) is 5.13 Å². The van der Waals surface area contributed by atoms with Crippen molar-refractivity contribution >= 4 is 26.5 Å². The minimum atomic E-state index is -3.29. The fourth-order valence-electron chi connectivity index (χ4n) is 2.75. The number of anilines is 1. The van der Waals surface area contributed by atoms with Crippen molar-refractivity contribution in [3.8, 4) is 0 Å². The number of benzene rings is 2. The monoisotopic (exact) mass is 415 g/mol. The average Bonchev–Trinajstić information content (AvgIpc) is 3.09. The quantitative estimate of drug-likeness (QED) is 0.651. The molecule has 3 rings (SSSR count). The fourth-order valence-corrected chi connectivity index (χ4v) is 4.21. The van der Waals surface area contributed by atoms with Crippen LogP contribution in [-0.2, 0) is 15.3 Å². The molecular formula is C21H25N3O2S2. The smallest absolute Gasteiger partial charge is 0.203 e. The second-order valence-electron chi connectivity index (χ2n) is 8.01. The van der Waals surface area contributed by atoms with Crippen LogP contribution in [-0.4, -0.2) is 24.0 Å². The van der Waals surface area contributed by atoms with E-state index in [9.17, 15) is 8.42 Å². The van der Waals surface area contributed by atoms with Crippen LogP contribution in [0.15, 0.2) is 53.4 Å². The van der Waals surface area contributed by atoms with Gasteiger partial charge in [-0.3, -0.25) is 0 Å². The average molecular weight is 416 g/mol. The summed E-state index contributed by atoms with van der Waals surface area (Å²) < 4.78 is 28.5. The molecule has 28 heavy (non-hydrogen) atoms. The van der Waals surface area contributed by atoms with Crippen molar-refractivity contribution in [2.75, 3.05) is 11.6 Å². The summed E-state index contributed by atoms with van der Waals surface area (Å²) in [7, 11) is -3.29. The van der Waals surface area contributed by atoms with E-state index >= 15 is 0 Å². The van der Waals surface area contributed by atoms with Gasteiger partial charge < -0.3 is 5.32 Å². The van der Waals surface area contributed by atoms with Gasteiger partial charge in [-0.05, 0) is 30.2 Å². The summed E-state index contributed by atoms with van der Waals surface area (Å²) in [4.78, 5) is 4.94. The summed E-state index contributed by atoms with van der Waals surface area (Å²) in [5, 5.41) is 4.16. The van der Waals surface area contributed by atoms with Gasteiger partial charge in [0.1, 0.15) is 5.82 Å². The molecule has 2 aromatic carbocycles. The number of rotatable bonds is 5. The lowest BCUT2D eigenvalue weighted by molar-refractivity contribution is 0.555. The predicted molar refractivity (Wildman–Crippen MR) is 115 cm³/mol. The molecule has 1 heterocycles. The lowest BCUT2D eigenvalue weighted by Crippen LogP contribution is -2.15. The Bertz CT molecular complexity index is 1070. The first-order valence-electron chi connectivity index (χ1n) is 9.01. The van der Waals surface area contributed by atoms with Gasteiger partial charge in [-0.2, -0.15) is 4.37 Å². The largest absolute Gasteiger partial charge is 0.349 e. The zero-order valence-electron chi connectivity index (χ0n) is 16.7. The highest BCUT2D eigenvalue weighted by Gasteiger charge is 2.22. The van der Waals surface area contributed by atoms with Gasteiger partial charge in [0.15, 0.2) is 9.84 Å². The molecule has 0 aliphatic rings. The maximum absolute atomic E-state index is 12.0. The molecule has 7 heteroatoms. The number of nitrogens with zero attached hydrogens (tertiary/aromatic N) is 2. The molecular weight excluding hydrogens is 390 g/mol. The van der Waals surface area contributed by atoms with E-state index in [1.807, 2.05) is 37.3 Å². The first-order chi connectivity index (χ1) is 13.0. The van der Waals surface area contributed by atoms with Crippen LogP contribution in [0.4, 0.5) is 5.13 Å². The minimum Gasteiger partial charge on any atom is -0.349 e. The van der Waals surface area contributed by atoms with Crippen molar-refractivity contribution in [1.29, 1.82) is 0 Å². The van der Waals surface area contributed by atoms with Crippen LogP contribution < -0.4 is 5.32 Å². The van der Waals surface area contributed by atoms with Crippen LogP contribution in [0.5, 0.6) is 0 Å². The zero-order valence-corrected chi connectivity index (χ0v) is 18.4. The van der Waals surface area contributed by atoms with Gasteiger partial charge in [-0.15, -0.1) is 0 Å². The second-order valence-corrected chi connectivity index (χ2v) is 10.8. The van der Waals surface area contributed by atoms with Crippen LogP contribution in [0.1, 0.15) is 49.3 Å². The molecule has 5 nitrogen and oxygen atoms in total. The number of aromatic nitrogens is 2. The highest BCUT2D eigenvalue weighted by Crippen LogP contribution is 2.31. The lowest BCUT2D eigenvalue weighted by atomic mass is 9.96. The Kier molecular flexibility index (Phi) is 5.59. The van der Waals surface area contributed by atoms with E-state index in [1.165, 1.54) is 23.4 Å². The number of hydrogen-bond acceptors (Lipinski definition) is 6. The summed E-state index contributed by atoms with van der Waals surface area (Å²) in [5.41, 5.74) is 2.92. The first-order valence-corrected chi connectivity index (χ1v) is 11.7. The van der Waals surface area contributed by atoms with Crippen molar-refractivity contribution in [3.05, 3.63) is 71.0 Å². The second kappa shape index (κ2) is 7.64. The lowest BCUT2D eigenvalue weighted by Gasteiger charge is -2.20. The summed E-state index contributed by atoms with van der Waals surface area (Å²) >= 11 is 1.32. The van der Waals surface area contributed by atoms with Crippen LogP contribution in [0.25, 0.3) is 0 Å². The minimum absolute atomic E-state index is 0.133. The molecule has 0 amide bonds. The molecule has 0 aliphatic heterocycles. The Labute approximate surface area is 170 Å². The van der Waals surface area contributed by atoms with E-state index in [1.54, 1.807) is 18.2 Å². The molecule has 1 N–H and O–H groups in total. The predicted octanol–water partition coefficient (Wildman–Crippen LogP) is 4.75. The Morgan fingerprint density at radius 2 is 1.71 bits per heavy atom. The summed E-state index contributed by atoms with van der Waals surface area (Å²) in [5.74, 6) is 0.785. The molecule has 0 saturated carbocycles. The van der Waals surface area contributed by atoms with Crippen LogP contribution in [0, 0.1) is 6.92 Å². The van der Waals surface area contributed by atoms with Crippen molar-refractivity contribution in [2.24, 2.45) is 0 Å². The molecule has 3 aromatic rings. The molecule has 148 valence electrons. The van der Waals surface area contributed by atoms with Gasteiger partial charge in [-0.25, -0.2) is 13.4 Å². The maximum atomic E-state index is 12.0. The molecule has 0 bridgehead atoms. The van der Waals surface area contributed by atoms with Crippen molar-refractivity contribution in [3.63, 3.8) is 0 Å². The topological polar surface area (TPSA) is 72.0 Å². The van der Waals surface area contributed by atoms with E-state index < -0.39 is 9.84 Å². The summed E-state index contributed by atoms with van der Waals surface area (Å²) in [6.45, 7) is 8.26. The van der Waals surface area contributed by atoms with E-state index in [0.29, 0.717) is 10.0 Å². The highest BCUT2D eigenvalue weighted by molar-refractivity contribution is 7.90. The fraction of sp³-hybridized carbons (Fsp3) is 0.333. The zero-order chi connectivity index (χ0) is 20.5. The van der Waals surface area contributed by atoms with Gasteiger partial charge in [-0.1, -0.05) is 62.7 Å². The van der Waals surface area contributed by atoms with E-state index in [0.717, 1.165) is 17.0 Å². The number of hydrogen-bond donors (Lipinski definition) is 1. The Morgan fingerprint density at radius 3 is 2.29 bits per heavy atom. The number of nitrogens with one attached hydrogen (secondary N) is 1. The van der Waals surface area contributed by atoms with Gasteiger partial charge in [0.05, 0.1) is 10.9 Å². The standard InChI is InChI=1S/C21H25N3O2S2/c1-14-9-11-15(12-10-14)18(16-7-6-8-17(13-16)28(5,25)26)22-20-23-19(24-27-20)21(2,3)4/h6-13,18H,1-5H3,(H,22,23,24). The summed E-state index contributed by atoms with van der Waals surface area (Å²) in [6, 6.07) is 15.0. The van der Waals surface area contributed by atoms with Gasteiger partial charge in [0, 0.05) is 23.2 Å².